The first-order valence-corrected chi connectivity index (χ1v) is 12.5. The van der Waals surface area contributed by atoms with E-state index < -0.39 is 12.1 Å². The van der Waals surface area contributed by atoms with E-state index in [9.17, 15) is 14.7 Å². The normalized spacial score (nSPS) is 14.1. The lowest BCUT2D eigenvalue weighted by Crippen LogP contribution is -2.55. The lowest BCUT2D eigenvalue weighted by molar-refractivity contribution is -0.128. The molecule has 1 heterocycles. The maximum Gasteiger partial charge on any atom is 0.265 e. The van der Waals surface area contributed by atoms with Gasteiger partial charge in [0.25, 0.3) is 5.91 Å². The summed E-state index contributed by atoms with van der Waals surface area (Å²) in [4.78, 5) is 29.4. The minimum atomic E-state index is -0.691. The van der Waals surface area contributed by atoms with Crippen molar-refractivity contribution in [2.45, 2.75) is 59.0 Å². The third-order valence-electron chi connectivity index (χ3n) is 5.57. The fraction of sp³-hybridized carbons (Fsp3) is 0.520. The quantitative estimate of drug-likeness (QED) is 0.393. The molecule has 3 atom stereocenters. The second kappa shape index (κ2) is 13.0. The zero-order chi connectivity index (χ0) is 23.7. The van der Waals surface area contributed by atoms with Crippen LogP contribution in [-0.4, -0.2) is 41.0 Å². The van der Waals surface area contributed by atoms with Gasteiger partial charge in [0.1, 0.15) is 6.04 Å². The molecule has 0 spiro atoms. The molecule has 0 unspecified atom stereocenters. The number of benzene rings is 1. The average Bonchev–Trinajstić information content (AvgIpc) is 3.22. The van der Waals surface area contributed by atoms with Gasteiger partial charge in [-0.2, -0.15) is 0 Å². The first kappa shape index (κ1) is 26.4. The van der Waals surface area contributed by atoms with Gasteiger partial charge in [0.05, 0.1) is 15.3 Å². The van der Waals surface area contributed by atoms with E-state index >= 15 is 0 Å². The van der Waals surface area contributed by atoms with E-state index in [-0.39, 0.29) is 30.3 Å². The highest BCUT2D eigenvalue weighted by Gasteiger charge is 2.40. The number of hydrogen-bond donors (Lipinski definition) is 2. The molecule has 2 amide bonds. The number of aliphatic hydroxyl groups excluding tert-OH is 1. The molecule has 2 aromatic rings. The van der Waals surface area contributed by atoms with Crippen LogP contribution in [0.3, 0.4) is 0 Å². The highest BCUT2D eigenvalue weighted by Crippen LogP contribution is 2.35. The number of amides is 2. The standard InChI is InChI=1S/C25H35ClN2O3S/c1-5-6-10-15-27-24(30)22(17(2)3)28(25(31)20-13-14-21(26)32-20)23(18(4)16-29)19-11-8-7-9-12-19/h7-9,11-14,17-18,22-23,29H,5-6,10,15-16H2,1-4H3,(H,27,30)/t18-,22+,23+/m1/s1. The smallest absolute Gasteiger partial charge is 0.265 e. The van der Waals surface area contributed by atoms with E-state index in [1.165, 1.54) is 11.3 Å². The summed E-state index contributed by atoms with van der Waals surface area (Å²) in [5.41, 5.74) is 0.884. The molecule has 0 radical (unpaired) electrons. The second-order valence-corrected chi connectivity index (χ2v) is 10.2. The first-order valence-electron chi connectivity index (χ1n) is 11.3. The number of halogens is 1. The SMILES string of the molecule is CCCCCNC(=O)[C@H](C(C)C)N(C(=O)c1ccc(Cl)s1)[C@H](c1ccccc1)[C@H](C)CO. The van der Waals surface area contributed by atoms with Gasteiger partial charge in [-0.3, -0.25) is 9.59 Å². The fourth-order valence-corrected chi connectivity index (χ4v) is 4.92. The molecule has 0 aliphatic heterocycles. The van der Waals surface area contributed by atoms with Crippen molar-refractivity contribution in [1.82, 2.24) is 10.2 Å². The van der Waals surface area contributed by atoms with Crippen LogP contribution in [0.4, 0.5) is 0 Å². The van der Waals surface area contributed by atoms with Crippen LogP contribution in [0.5, 0.6) is 0 Å². The molecule has 1 aromatic heterocycles. The minimum absolute atomic E-state index is 0.114. The highest BCUT2D eigenvalue weighted by molar-refractivity contribution is 7.18. The Morgan fingerprint density at radius 2 is 1.78 bits per heavy atom. The Kier molecular flexibility index (Phi) is 10.7. The van der Waals surface area contributed by atoms with Crippen molar-refractivity contribution in [2.24, 2.45) is 11.8 Å². The van der Waals surface area contributed by atoms with Crippen molar-refractivity contribution >= 4 is 34.8 Å². The summed E-state index contributed by atoms with van der Waals surface area (Å²) in [7, 11) is 0. The lowest BCUT2D eigenvalue weighted by atomic mass is 9.89. The molecule has 0 aliphatic carbocycles. The van der Waals surface area contributed by atoms with Crippen molar-refractivity contribution in [3.63, 3.8) is 0 Å². The molecule has 2 N–H and O–H groups in total. The molecule has 176 valence electrons. The fourth-order valence-electron chi connectivity index (χ4n) is 3.94. The molecular weight excluding hydrogens is 444 g/mol. The van der Waals surface area contributed by atoms with Gasteiger partial charge in [-0.05, 0) is 30.0 Å². The van der Waals surface area contributed by atoms with Gasteiger partial charge in [-0.15, -0.1) is 11.3 Å². The molecule has 1 aromatic carbocycles. The van der Waals surface area contributed by atoms with Gasteiger partial charge in [0.2, 0.25) is 5.91 Å². The van der Waals surface area contributed by atoms with Gasteiger partial charge in [-0.25, -0.2) is 0 Å². The third-order valence-corrected chi connectivity index (χ3v) is 6.78. The van der Waals surface area contributed by atoms with Crippen LogP contribution < -0.4 is 5.32 Å². The summed E-state index contributed by atoms with van der Waals surface area (Å²) in [6, 6.07) is 11.8. The number of carbonyl (C=O) groups is 2. The van der Waals surface area contributed by atoms with E-state index in [2.05, 4.69) is 12.2 Å². The van der Waals surface area contributed by atoms with Crippen molar-refractivity contribution in [2.75, 3.05) is 13.2 Å². The zero-order valence-corrected chi connectivity index (χ0v) is 21.0. The maximum atomic E-state index is 13.8. The van der Waals surface area contributed by atoms with Crippen LogP contribution in [0, 0.1) is 11.8 Å². The van der Waals surface area contributed by atoms with Gasteiger partial charge in [-0.1, -0.05) is 82.5 Å². The predicted octanol–water partition coefficient (Wildman–Crippen LogP) is 5.54. The summed E-state index contributed by atoms with van der Waals surface area (Å²) < 4.78 is 0.518. The number of hydrogen-bond acceptors (Lipinski definition) is 4. The van der Waals surface area contributed by atoms with E-state index in [4.69, 9.17) is 11.6 Å². The first-order chi connectivity index (χ1) is 15.3. The van der Waals surface area contributed by atoms with Gasteiger partial charge in [0, 0.05) is 19.1 Å². The van der Waals surface area contributed by atoms with Crippen molar-refractivity contribution in [3.05, 3.63) is 57.2 Å². The number of unbranched alkanes of at least 4 members (excludes halogenated alkanes) is 2. The number of carbonyl (C=O) groups excluding carboxylic acids is 2. The van der Waals surface area contributed by atoms with Crippen LogP contribution in [0.25, 0.3) is 0 Å². The van der Waals surface area contributed by atoms with Crippen LogP contribution in [0.1, 0.15) is 68.2 Å². The Morgan fingerprint density at radius 3 is 2.31 bits per heavy atom. The average molecular weight is 479 g/mol. The minimum Gasteiger partial charge on any atom is -0.396 e. The van der Waals surface area contributed by atoms with Gasteiger partial charge < -0.3 is 15.3 Å². The van der Waals surface area contributed by atoms with Crippen molar-refractivity contribution in [1.29, 1.82) is 0 Å². The van der Waals surface area contributed by atoms with Gasteiger partial charge in [0.15, 0.2) is 0 Å². The van der Waals surface area contributed by atoms with Gasteiger partial charge >= 0.3 is 0 Å². The number of thiophene rings is 1. The van der Waals surface area contributed by atoms with E-state index in [1.807, 2.05) is 51.1 Å². The van der Waals surface area contributed by atoms with Crippen LogP contribution in [0.15, 0.2) is 42.5 Å². The molecule has 0 fully saturated rings. The molecule has 7 heteroatoms. The summed E-state index contributed by atoms with van der Waals surface area (Å²) in [5.74, 6) is -0.819. The Bertz CT molecular complexity index is 856. The summed E-state index contributed by atoms with van der Waals surface area (Å²) >= 11 is 7.33. The number of aliphatic hydroxyl groups is 1. The Balaban J connectivity index is 2.53. The van der Waals surface area contributed by atoms with Crippen molar-refractivity contribution < 1.29 is 14.7 Å². The van der Waals surface area contributed by atoms with Crippen LogP contribution in [0.2, 0.25) is 4.34 Å². The maximum absolute atomic E-state index is 13.8. The molecule has 0 bridgehead atoms. The number of rotatable bonds is 12. The number of nitrogens with one attached hydrogen (secondary N) is 1. The molecule has 2 rings (SSSR count). The molecule has 0 saturated heterocycles. The molecule has 0 aliphatic rings. The molecule has 32 heavy (non-hydrogen) atoms. The third kappa shape index (κ3) is 6.80. The Hall–Kier alpha value is -1.89. The number of nitrogens with zero attached hydrogens (tertiary/aromatic N) is 1. The Labute approximate surface area is 200 Å². The van der Waals surface area contributed by atoms with Crippen LogP contribution >= 0.6 is 22.9 Å². The van der Waals surface area contributed by atoms with Crippen molar-refractivity contribution in [3.8, 4) is 0 Å². The summed E-state index contributed by atoms with van der Waals surface area (Å²) in [6.45, 7) is 8.38. The Morgan fingerprint density at radius 1 is 1.09 bits per heavy atom. The second-order valence-electron chi connectivity index (χ2n) is 8.52. The zero-order valence-electron chi connectivity index (χ0n) is 19.4. The topological polar surface area (TPSA) is 69.6 Å². The molecular formula is C25H35ClN2O3S. The van der Waals surface area contributed by atoms with E-state index in [1.54, 1.807) is 17.0 Å². The summed E-state index contributed by atoms with van der Waals surface area (Å²) in [5, 5.41) is 13.1. The van der Waals surface area contributed by atoms with Crippen LogP contribution in [-0.2, 0) is 4.79 Å². The highest BCUT2D eigenvalue weighted by atomic mass is 35.5. The largest absolute Gasteiger partial charge is 0.396 e. The molecule has 5 nitrogen and oxygen atoms in total. The van der Waals surface area contributed by atoms with E-state index in [0.29, 0.717) is 15.8 Å². The van der Waals surface area contributed by atoms with E-state index in [0.717, 1.165) is 24.8 Å². The monoisotopic (exact) mass is 478 g/mol. The predicted molar refractivity (Wildman–Crippen MR) is 132 cm³/mol. The lowest BCUT2D eigenvalue weighted by Gasteiger charge is -2.41. The summed E-state index contributed by atoms with van der Waals surface area (Å²) in [6.07, 6.45) is 3.01. The molecule has 0 saturated carbocycles.